The Bertz CT molecular complexity index is 1170. The molecule has 0 bridgehead atoms. The first-order chi connectivity index (χ1) is 13.6. The van der Waals surface area contributed by atoms with E-state index in [4.69, 9.17) is 8.83 Å². The summed E-state index contributed by atoms with van der Waals surface area (Å²) < 4.78 is 24.3. The fourth-order valence-corrected chi connectivity index (χ4v) is 3.18. The van der Waals surface area contributed by atoms with Crippen LogP contribution >= 0.6 is 0 Å². The quantitative estimate of drug-likeness (QED) is 0.452. The molecule has 0 unspecified atom stereocenters. The number of fused-ring (bicyclic) bond motifs is 1. The Balaban J connectivity index is 1.73. The molecule has 0 radical (unpaired) electrons. The number of rotatable bonds is 5. The fourth-order valence-electron chi connectivity index (χ4n) is 3.18. The molecule has 0 saturated carbocycles. The van der Waals surface area contributed by atoms with Crippen molar-refractivity contribution in [3.63, 3.8) is 0 Å². The molecular weight excluding hydrogens is 359 g/mol. The van der Waals surface area contributed by atoms with E-state index in [-0.39, 0.29) is 17.3 Å². The van der Waals surface area contributed by atoms with Gasteiger partial charge < -0.3 is 13.7 Å². The first-order valence-electron chi connectivity index (χ1n) is 9.14. The zero-order valence-electron chi connectivity index (χ0n) is 15.6. The van der Waals surface area contributed by atoms with Crippen molar-refractivity contribution < 1.29 is 13.2 Å². The second kappa shape index (κ2) is 7.31. The van der Waals surface area contributed by atoms with E-state index in [1.807, 2.05) is 18.2 Å². The van der Waals surface area contributed by atoms with Crippen LogP contribution in [0.4, 0.5) is 10.1 Å². The lowest BCUT2D eigenvalue weighted by Crippen LogP contribution is -2.21. The van der Waals surface area contributed by atoms with E-state index in [0.717, 1.165) is 24.2 Å². The molecular formula is C22H19FN2O3. The monoisotopic (exact) mass is 378 g/mol. The van der Waals surface area contributed by atoms with Crippen molar-refractivity contribution in [1.82, 2.24) is 4.98 Å². The van der Waals surface area contributed by atoms with Gasteiger partial charge in [-0.25, -0.2) is 14.2 Å². The van der Waals surface area contributed by atoms with Crippen molar-refractivity contribution in [2.24, 2.45) is 0 Å². The minimum Gasteiger partial charge on any atom is -0.436 e. The summed E-state index contributed by atoms with van der Waals surface area (Å²) in [5.41, 5.74) is 1.92. The molecule has 0 aliphatic carbocycles. The molecule has 0 aliphatic heterocycles. The Labute approximate surface area is 161 Å². The number of anilines is 1. The van der Waals surface area contributed by atoms with E-state index in [2.05, 4.69) is 23.7 Å². The topological polar surface area (TPSA) is 59.5 Å². The van der Waals surface area contributed by atoms with E-state index in [9.17, 15) is 9.18 Å². The molecule has 0 spiro atoms. The van der Waals surface area contributed by atoms with Gasteiger partial charge in [-0.2, -0.15) is 0 Å². The highest BCUT2D eigenvalue weighted by Gasteiger charge is 2.15. The molecule has 0 atom stereocenters. The predicted octanol–water partition coefficient (Wildman–Crippen LogP) is 5.10. The summed E-state index contributed by atoms with van der Waals surface area (Å²) in [7, 11) is 0. The zero-order valence-corrected chi connectivity index (χ0v) is 15.6. The number of halogens is 1. The molecule has 5 nitrogen and oxygen atoms in total. The third kappa shape index (κ3) is 3.29. The number of oxazole rings is 1. The van der Waals surface area contributed by atoms with E-state index in [1.165, 1.54) is 18.3 Å². The second-order valence-corrected chi connectivity index (χ2v) is 6.38. The highest BCUT2D eigenvalue weighted by atomic mass is 19.1. The van der Waals surface area contributed by atoms with Crippen LogP contribution < -0.4 is 10.5 Å². The summed E-state index contributed by atoms with van der Waals surface area (Å²) in [5, 5.41) is 0.784. The minimum atomic E-state index is -0.517. The Morgan fingerprint density at radius 3 is 2.46 bits per heavy atom. The van der Waals surface area contributed by atoms with Crippen molar-refractivity contribution in [2.45, 2.75) is 13.8 Å². The van der Waals surface area contributed by atoms with Crippen LogP contribution in [-0.2, 0) is 0 Å². The van der Waals surface area contributed by atoms with Crippen LogP contribution in [0.5, 0.6) is 0 Å². The van der Waals surface area contributed by atoms with Crippen molar-refractivity contribution in [3.05, 3.63) is 71.0 Å². The second-order valence-electron chi connectivity index (χ2n) is 6.38. The van der Waals surface area contributed by atoms with Gasteiger partial charge in [0.15, 0.2) is 5.76 Å². The molecule has 4 aromatic rings. The van der Waals surface area contributed by atoms with Crippen LogP contribution in [0.2, 0.25) is 0 Å². The molecule has 6 heteroatoms. The van der Waals surface area contributed by atoms with E-state index < -0.39 is 5.63 Å². The molecule has 0 fully saturated rings. The minimum absolute atomic E-state index is 0.169. The number of nitrogens with zero attached hydrogens (tertiary/aromatic N) is 2. The van der Waals surface area contributed by atoms with Crippen molar-refractivity contribution in [3.8, 4) is 22.8 Å². The molecule has 4 rings (SSSR count). The molecule has 2 aromatic heterocycles. The molecule has 2 aromatic carbocycles. The van der Waals surface area contributed by atoms with Gasteiger partial charge in [-0.15, -0.1) is 0 Å². The largest absolute Gasteiger partial charge is 0.436 e. The average Bonchev–Trinajstić information content (AvgIpc) is 3.19. The lowest BCUT2D eigenvalue weighted by atomic mass is 10.1. The summed E-state index contributed by atoms with van der Waals surface area (Å²) >= 11 is 0. The van der Waals surface area contributed by atoms with Crippen LogP contribution in [0, 0.1) is 5.82 Å². The maximum atomic E-state index is 13.1. The Kier molecular flexibility index (Phi) is 4.69. The van der Waals surface area contributed by atoms with Crippen molar-refractivity contribution in [2.75, 3.05) is 18.0 Å². The van der Waals surface area contributed by atoms with Gasteiger partial charge in [0.1, 0.15) is 17.0 Å². The average molecular weight is 378 g/mol. The normalized spacial score (nSPS) is 11.1. The molecule has 28 heavy (non-hydrogen) atoms. The van der Waals surface area contributed by atoms with Gasteiger partial charge in [-0.05, 0) is 56.3 Å². The lowest BCUT2D eigenvalue weighted by Gasteiger charge is -2.20. The van der Waals surface area contributed by atoms with Gasteiger partial charge in [0.25, 0.3) is 0 Å². The van der Waals surface area contributed by atoms with Gasteiger partial charge >= 0.3 is 5.63 Å². The maximum Gasteiger partial charge on any atom is 0.349 e. The van der Waals surface area contributed by atoms with Crippen LogP contribution in [0.3, 0.4) is 0 Å². The van der Waals surface area contributed by atoms with Crippen LogP contribution in [0.15, 0.2) is 68.4 Å². The first-order valence-corrected chi connectivity index (χ1v) is 9.14. The molecule has 0 saturated heterocycles. The highest BCUT2D eigenvalue weighted by molar-refractivity contribution is 5.83. The summed E-state index contributed by atoms with van der Waals surface area (Å²) in [6, 6.07) is 13.4. The third-order valence-corrected chi connectivity index (χ3v) is 4.71. The number of benzene rings is 2. The van der Waals surface area contributed by atoms with E-state index >= 15 is 0 Å². The molecule has 142 valence electrons. The summed E-state index contributed by atoms with van der Waals surface area (Å²) in [6.45, 7) is 5.89. The molecule has 0 N–H and O–H groups in total. The summed E-state index contributed by atoms with van der Waals surface area (Å²) in [5.74, 6) is 0.289. The first kappa shape index (κ1) is 18.0. The highest BCUT2D eigenvalue weighted by Crippen LogP contribution is 2.28. The smallest absolute Gasteiger partial charge is 0.349 e. The number of hydrogen-bond acceptors (Lipinski definition) is 5. The van der Waals surface area contributed by atoms with Crippen LogP contribution in [0.1, 0.15) is 13.8 Å². The van der Waals surface area contributed by atoms with Gasteiger partial charge in [0.05, 0.1) is 6.20 Å². The number of aromatic nitrogens is 1. The fraction of sp³-hybridized carbons (Fsp3) is 0.182. The molecule has 0 amide bonds. The summed E-state index contributed by atoms with van der Waals surface area (Å²) in [4.78, 5) is 18.9. The van der Waals surface area contributed by atoms with Gasteiger partial charge in [-0.3, -0.25) is 0 Å². The molecule has 0 aliphatic rings. The summed E-state index contributed by atoms with van der Waals surface area (Å²) in [6.07, 6.45) is 1.51. The maximum absolute atomic E-state index is 13.1. The van der Waals surface area contributed by atoms with E-state index in [0.29, 0.717) is 16.9 Å². The van der Waals surface area contributed by atoms with Crippen molar-refractivity contribution in [1.29, 1.82) is 0 Å². The predicted molar refractivity (Wildman–Crippen MR) is 107 cm³/mol. The third-order valence-electron chi connectivity index (χ3n) is 4.71. The van der Waals surface area contributed by atoms with Crippen molar-refractivity contribution >= 4 is 16.7 Å². The zero-order chi connectivity index (χ0) is 19.7. The standard InChI is InChI=1S/C22H19FN2O3/c1-3-25(4-2)17-10-7-15-11-18(22(26)28-19(15)12-17)21-24-13-20(27-21)14-5-8-16(23)9-6-14/h5-13H,3-4H2,1-2H3. The Hall–Kier alpha value is -3.41. The van der Waals surface area contributed by atoms with Gasteiger partial charge in [0.2, 0.25) is 5.89 Å². The van der Waals surface area contributed by atoms with Gasteiger partial charge in [-0.1, -0.05) is 0 Å². The Morgan fingerprint density at radius 2 is 1.75 bits per heavy atom. The van der Waals surface area contributed by atoms with E-state index in [1.54, 1.807) is 18.2 Å². The lowest BCUT2D eigenvalue weighted by molar-refractivity contribution is 0.548. The number of hydrogen-bond donors (Lipinski definition) is 0. The SMILES string of the molecule is CCN(CC)c1ccc2cc(-c3ncc(-c4ccc(F)cc4)o3)c(=O)oc2c1. The Morgan fingerprint density at radius 1 is 1.00 bits per heavy atom. The van der Waals surface area contributed by atoms with Crippen LogP contribution in [-0.4, -0.2) is 18.1 Å². The van der Waals surface area contributed by atoms with Crippen LogP contribution in [0.25, 0.3) is 33.7 Å². The molecule has 2 heterocycles. The van der Waals surface area contributed by atoms with Gasteiger partial charge in [0, 0.05) is 35.8 Å².